The number of hydrogen-bond donors (Lipinski definition) is 0. The van der Waals surface area contributed by atoms with Gasteiger partial charge in [0.15, 0.2) is 0 Å². The smallest absolute Gasteiger partial charge is 0.0574 e. The molecule has 0 aromatic heterocycles. The van der Waals surface area contributed by atoms with E-state index in [-0.39, 0.29) is 0 Å². The van der Waals surface area contributed by atoms with Crippen molar-refractivity contribution in [3.05, 3.63) is 0 Å². The van der Waals surface area contributed by atoms with Gasteiger partial charge in [0.1, 0.15) is 0 Å². The van der Waals surface area contributed by atoms with E-state index in [1.165, 1.54) is 38.5 Å². The standard InChI is InChI=1S/C34H58N2Si/c1-35-27-19-11-9-17-25(27)29-21-13-5-7-15-23(21)33(31(29)35)37(3,4)34-24-16-8-6-14-22(24)30-26-18-10-12-20-28(26)36(2)32(30)34/h21-34H,5-20H2,1-4H3. The Morgan fingerprint density at radius 3 is 1.16 bits per heavy atom. The van der Waals surface area contributed by atoms with Crippen LogP contribution in [0, 0.1) is 47.3 Å². The van der Waals surface area contributed by atoms with Crippen LogP contribution in [-0.4, -0.2) is 56.1 Å². The van der Waals surface area contributed by atoms with Crippen LogP contribution in [-0.2, 0) is 0 Å². The van der Waals surface area contributed by atoms with Crippen LogP contribution in [0.4, 0.5) is 0 Å². The Hall–Kier alpha value is 0.137. The Labute approximate surface area is 230 Å². The predicted octanol–water partition coefficient (Wildman–Crippen LogP) is 8.05. The fourth-order valence-corrected chi connectivity index (χ4v) is 20.9. The molecule has 0 radical (unpaired) electrons. The van der Waals surface area contributed by atoms with Crippen molar-refractivity contribution in [3.63, 3.8) is 0 Å². The third kappa shape index (κ3) is 3.35. The minimum absolute atomic E-state index is 0.940. The molecule has 208 valence electrons. The molecule has 2 aliphatic heterocycles. The maximum Gasteiger partial charge on any atom is 0.0574 e. The van der Waals surface area contributed by atoms with Crippen molar-refractivity contribution < 1.29 is 0 Å². The van der Waals surface area contributed by atoms with Gasteiger partial charge < -0.3 is 0 Å². The van der Waals surface area contributed by atoms with E-state index in [1.807, 2.05) is 0 Å². The molecule has 0 aromatic rings. The van der Waals surface area contributed by atoms with Gasteiger partial charge in [0.05, 0.1) is 8.07 Å². The first-order valence-electron chi connectivity index (χ1n) is 17.4. The summed E-state index contributed by atoms with van der Waals surface area (Å²) in [7, 11) is 3.76. The largest absolute Gasteiger partial charge is 0.300 e. The molecule has 8 fully saturated rings. The highest BCUT2D eigenvalue weighted by Crippen LogP contribution is 2.70. The number of nitrogens with zero attached hydrogens (tertiary/aromatic N) is 2. The second-order valence-corrected chi connectivity index (χ2v) is 21.6. The molecule has 37 heavy (non-hydrogen) atoms. The van der Waals surface area contributed by atoms with Gasteiger partial charge in [0.2, 0.25) is 0 Å². The minimum Gasteiger partial charge on any atom is -0.300 e. The van der Waals surface area contributed by atoms with Crippen LogP contribution in [0.5, 0.6) is 0 Å². The molecule has 14 unspecified atom stereocenters. The van der Waals surface area contributed by atoms with E-state index in [9.17, 15) is 0 Å². The van der Waals surface area contributed by atoms with Gasteiger partial charge in [-0.15, -0.1) is 0 Å². The second kappa shape index (κ2) is 9.07. The molecule has 14 atom stereocenters. The summed E-state index contributed by atoms with van der Waals surface area (Å²) in [6.07, 6.45) is 24.8. The quantitative estimate of drug-likeness (QED) is 0.338. The molecule has 6 aliphatic carbocycles. The summed E-state index contributed by atoms with van der Waals surface area (Å²) >= 11 is 0. The van der Waals surface area contributed by atoms with Gasteiger partial charge in [-0.2, -0.15) is 0 Å². The number of hydrogen-bond acceptors (Lipinski definition) is 2. The first kappa shape index (κ1) is 24.9. The summed E-state index contributed by atoms with van der Waals surface area (Å²) in [4.78, 5) is 6.18. The lowest BCUT2D eigenvalue weighted by molar-refractivity contribution is 0.130. The average Bonchev–Trinajstić information content (AvgIpc) is 3.62. The lowest BCUT2D eigenvalue weighted by Crippen LogP contribution is -2.54. The van der Waals surface area contributed by atoms with Gasteiger partial charge in [-0.3, -0.25) is 9.80 Å². The molecule has 0 spiro atoms. The zero-order valence-corrected chi connectivity index (χ0v) is 25.8. The van der Waals surface area contributed by atoms with E-state index in [0.717, 1.165) is 82.6 Å². The molecule has 0 amide bonds. The summed E-state index contributed by atoms with van der Waals surface area (Å²) < 4.78 is 0. The molecule has 8 aliphatic rings. The van der Waals surface area contributed by atoms with Gasteiger partial charge in [-0.1, -0.05) is 77.3 Å². The van der Waals surface area contributed by atoms with Crippen LogP contribution in [0.3, 0.4) is 0 Å². The number of fused-ring (bicyclic) bond motifs is 10. The predicted molar refractivity (Wildman–Crippen MR) is 157 cm³/mol. The van der Waals surface area contributed by atoms with E-state index in [2.05, 4.69) is 37.0 Å². The maximum atomic E-state index is 3.09. The van der Waals surface area contributed by atoms with E-state index >= 15 is 0 Å². The molecular formula is C34H58N2Si. The minimum atomic E-state index is -1.52. The molecule has 0 bridgehead atoms. The van der Waals surface area contributed by atoms with Crippen molar-refractivity contribution in [3.8, 4) is 0 Å². The van der Waals surface area contributed by atoms with Crippen LogP contribution in [0.15, 0.2) is 0 Å². The molecule has 2 saturated heterocycles. The van der Waals surface area contributed by atoms with Crippen LogP contribution < -0.4 is 0 Å². The molecule has 0 aromatic carbocycles. The summed E-state index contributed by atoms with van der Waals surface area (Å²) in [6, 6.07) is 3.79. The highest BCUT2D eigenvalue weighted by atomic mass is 28.3. The van der Waals surface area contributed by atoms with Crippen molar-refractivity contribution in [1.29, 1.82) is 0 Å². The normalized spacial score (nSPS) is 55.8. The molecule has 2 nitrogen and oxygen atoms in total. The Balaban J connectivity index is 1.20. The SMILES string of the molecule is CN1C2CCCCC2C2C3CCCCC3C([Si](C)(C)C3C4CCCCC4C4C5CCCCC5N(C)C43)C21. The van der Waals surface area contributed by atoms with Crippen LogP contribution in [0.1, 0.15) is 103 Å². The first-order valence-corrected chi connectivity index (χ1v) is 20.6. The van der Waals surface area contributed by atoms with Crippen molar-refractivity contribution >= 4 is 8.07 Å². The van der Waals surface area contributed by atoms with Crippen LogP contribution in [0.25, 0.3) is 0 Å². The zero-order valence-electron chi connectivity index (χ0n) is 24.8. The van der Waals surface area contributed by atoms with Gasteiger partial charge in [-0.05, 0) is 111 Å². The highest BCUT2D eigenvalue weighted by Gasteiger charge is 2.70. The average molecular weight is 523 g/mol. The lowest BCUT2D eigenvalue weighted by Gasteiger charge is -2.51. The topological polar surface area (TPSA) is 6.48 Å². The fourth-order valence-electron chi connectivity index (χ4n) is 14.7. The Morgan fingerprint density at radius 2 is 0.757 bits per heavy atom. The molecule has 2 heterocycles. The van der Waals surface area contributed by atoms with Crippen molar-refractivity contribution in [1.82, 2.24) is 9.80 Å². The number of rotatable bonds is 2. The second-order valence-electron chi connectivity index (χ2n) is 16.6. The number of likely N-dealkylation sites (tertiary alicyclic amines) is 2. The third-order valence-corrected chi connectivity index (χ3v) is 20.4. The Kier molecular flexibility index (Phi) is 6.10. The monoisotopic (exact) mass is 522 g/mol. The molecule has 0 N–H and O–H groups in total. The summed E-state index contributed by atoms with van der Waals surface area (Å²) in [5.41, 5.74) is 2.17. The summed E-state index contributed by atoms with van der Waals surface area (Å²) in [6.45, 7) is 6.02. The first-order chi connectivity index (χ1) is 18.0. The zero-order chi connectivity index (χ0) is 25.1. The molecule has 8 rings (SSSR count). The summed E-state index contributed by atoms with van der Waals surface area (Å²) in [5, 5.41) is 0. The van der Waals surface area contributed by atoms with Gasteiger partial charge in [0.25, 0.3) is 0 Å². The van der Waals surface area contributed by atoms with Gasteiger partial charge in [0, 0.05) is 24.2 Å². The van der Waals surface area contributed by atoms with Gasteiger partial charge >= 0.3 is 0 Å². The maximum absolute atomic E-state index is 3.09. The third-order valence-electron chi connectivity index (χ3n) is 15.4. The van der Waals surface area contributed by atoms with Crippen molar-refractivity contribution in [2.24, 2.45) is 47.3 Å². The molecule has 3 heteroatoms. The van der Waals surface area contributed by atoms with E-state index in [4.69, 9.17) is 0 Å². The Morgan fingerprint density at radius 1 is 0.432 bits per heavy atom. The van der Waals surface area contributed by atoms with Crippen molar-refractivity contribution in [2.75, 3.05) is 14.1 Å². The molecular weight excluding hydrogens is 464 g/mol. The molecule has 6 saturated carbocycles. The summed E-state index contributed by atoms with van der Waals surface area (Å²) in [5.74, 6) is 8.61. The van der Waals surface area contributed by atoms with Crippen molar-refractivity contribution in [2.45, 2.75) is 151 Å². The highest BCUT2D eigenvalue weighted by molar-refractivity contribution is 6.80. The van der Waals surface area contributed by atoms with Crippen LogP contribution >= 0.6 is 0 Å². The Bertz CT molecular complexity index is 804. The van der Waals surface area contributed by atoms with E-state index in [1.54, 1.807) is 64.2 Å². The van der Waals surface area contributed by atoms with E-state index < -0.39 is 8.07 Å². The van der Waals surface area contributed by atoms with Crippen LogP contribution in [0.2, 0.25) is 24.2 Å². The fraction of sp³-hybridized carbons (Fsp3) is 1.00. The van der Waals surface area contributed by atoms with Gasteiger partial charge in [-0.25, -0.2) is 0 Å². The lowest BCUT2D eigenvalue weighted by atomic mass is 9.70. The van der Waals surface area contributed by atoms with E-state index in [0.29, 0.717) is 0 Å².